The number of benzene rings is 1. The first-order valence-corrected chi connectivity index (χ1v) is 11.8. The van der Waals surface area contributed by atoms with Crippen LogP contribution in [0.4, 0.5) is 5.69 Å². The van der Waals surface area contributed by atoms with Gasteiger partial charge in [0.1, 0.15) is 15.5 Å². The average Bonchev–Trinajstić information content (AvgIpc) is 3.19. The first-order chi connectivity index (χ1) is 14.3. The van der Waals surface area contributed by atoms with Crippen molar-refractivity contribution >= 4 is 38.9 Å². The van der Waals surface area contributed by atoms with E-state index in [0.29, 0.717) is 18.0 Å². The fourth-order valence-corrected chi connectivity index (χ4v) is 5.60. The number of anilines is 1. The van der Waals surface area contributed by atoms with Crippen molar-refractivity contribution in [2.75, 3.05) is 32.1 Å². The molecule has 10 heteroatoms. The quantitative estimate of drug-likeness (QED) is 0.648. The molecule has 162 valence electrons. The Hall–Kier alpha value is -2.43. The molecule has 1 aromatic carbocycles. The first kappa shape index (κ1) is 22.3. The summed E-state index contributed by atoms with van der Waals surface area (Å²) in [7, 11) is -2.35. The van der Waals surface area contributed by atoms with Gasteiger partial charge >= 0.3 is 5.97 Å². The number of aryl methyl sites for hydroxylation is 1. The van der Waals surface area contributed by atoms with Gasteiger partial charge in [-0.15, -0.1) is 11.3 Å². The average molecular weight is 453 g/mol. The first-order valence-electron chi connectivity index (χ1n) is 9.53. The van der Waals surface area contributed by atoms with Gasteiger partial charge in [0, 0.05) is 23.7 Å². The van der Waals surface area contributed by atoms with E-state index in [1.807, 2.05) is 6.92 Å². The molecule has 1 amide bonds. The van der Waals surface area contributed by atoms with Gasteiger partial charge in [-0.25, -0.2) is 13.2 Å². The number of esters is 1. The SMILES string of the molecule is COc1ccc(NC(=O)COC(=O)c2ccc(C)s2)cc1S(=O)(=O)N1CCCCC1. The molecule has 0 unspecified atom stereocenters. The Balaban J connectivity index is 1.69. The Labute approximate surface area is 179 Å². The highest BCUT2D eigenvalue weighted by atomic mass is 32.2. The van der Waals surface area contributed by atoms with E-state index in [1.54, 1.807) is 12.1 Å². The number of piperidine rings is 1. The zero-order chi connectivity index (χ0) is 21.7. The maximum Gasteiger partial charge on any atom is 0.348 e. The predicted molar refractivity (Wildman–Crippen MR) is 114 cm³/mol. The molecule has 0 aliphatic carbocycles. The van der Waals surface area contributed by atoms with Crippen molar-refractivity contribution in [2.45, 2.75) is 31.1 Å². The van der Waals surface area contributed by atoms with Gasteiger partial charge in [0.25, 0.3) is 5.91 Å². The third-order valence-corrected chi connectivity index (χ3v) is 7.56. The van der Waals surface area contributed by atoms with Gasteiger partial charge in [-0.1, -0.05) is 6.42 Å². The molecule has 0 saturated carbocycles. The minimum Gasteiger partial charge on any atom is -0.495 e. The Kier molecular flexibility index (Phi) is 7.11. The molecule has 0 atom stereocenters. The highest BCUT2D eigenvalue weighted by molar-refractivity contribution is 7.89. The summed E-state index contributed by atoms with van der Waals surface area (Å²) < 4.78 is 37.8. The highest BCUT2D eigenvalue weighted by Gasteiger charge is 2.29. The normalized spacial score (nSPS) is 14.9. The number of nitrogens with zero attached hydrogens (tertiary/aromatic N) is 1. The van der Waals surface area contributed by atoms with Gasteiger partial charge in [-0.3, -0.25) is 4.79 Å². The molecule has 2 aromatic rings. The van der Waals surface area contributed by atoms with Crippen molar-refractivity contribution in [2.24, 2.45) is 0 Å². The molecule has 1 saturated heterocycles. The molecule has 1 fully saturated rings. The summed E-state index contributed by atoms with van der Waals surface area (Å²) >= 11 is 1.28. The number of amides is 1. The second-order valence-electron chi connectivity index (χ2n) is 6.86. The monoisotopic (exact) mass is 452 g/mol. The number of nitrogens with one attached hydrogen (secondary N) is 1. The smallest absolute Gasteiger partial charge is 0.348 e. The zero-order valence-electron chi connectivity index (χ0n) is 16.8. The summed E-state index contributed by atoms with van der Waals surface area (Å²) in [6.45, 7) is 2.31. The van der Waals surface area contributed by atoms with Gasteiger partial charge in [0.2, 0.25) is 10.0 Å². The molecule has 0 spiro atoms. The Morgan fingerprint density at radius 3 is 2.50 bits per heavy atom. The standard InChI is InChI=1S/C20H24N2O6S2/c1-14-6-9-17(29-14)20(24)28-13-19(23)21-15-7-8-16(27-2)18(12-15)30(25,26)22-10-4-3-5-11-22/h6-9,12H,3-5,10-11,13H2,1-2H3,(H,21,23). The van der Waals surface area contributed by atoms with E-state index in [2.05, 4.69) is 5.32 Å². The summed E-state index contributed by atoms with van der Waals surface area (Å²) in [6, 6.07) is 7.83. The van der Waals surface area contributed by atoms with Gasteiger partial charge in [0.15, 0.2) is 6.61 Å². The van der Waals surface area contributed by atoms with Crippen LogP contribution in [0.3, 0.4) is 0 Å². The summed E-state index contributed by atoms with van der Waals surface area (Å²) in [4.78, 5) is 25.5. The topological polar surface area (TPSA) is 102 Å². The van der Waals surface area contributed by atoms with Gasteiger partial charge < -0.3 is 14.8 Å². The fraction of sp³-hybridized carbons (Fsp3) is 0.400. The van der Waals surface area contributed by atoms with Crippen LogP contribution in [0.5, 0.6) is 5.75 Å². The summed E-state index contributed by atoms with van der Waals surface area (Å²) in [5.41, 5.74) is 0.277. The molecule has 8 nitrogen and oxygen atoms in total. The molecular weight excluding hydrogens is 428 g/mol. The second-order valence-corrected chi connectivity index (χ2v) is 10.1. The third kappa shape index (κ3) is 5.18. The molecular formula is C20H24N2O6S2. The number of rotatable bonds is 7. The Morgan fingerprint density at radius 1 is 1.13 bits per heavy atom. The molecule has 3 rings (SSSR count). The van der Waals surface area contributed by atoms with Crippen LogP contribution in [-0.4, -0.2) is 51.4 Å². The Bertz CT molecular complexity index is 1030. The van der Waals surface area contributed by atoms with Crippen molar-refractivity contribution < 1.29 is 27.5 Å². The summed E-state index contributed by atoms with van der Waals surface area (Å²) in [5, 5.41) is 2.57. The van der Waals surface area contributed by atoms with E-state index >= 15 is 0 Å². The van der Waals surface area contributed by atoms with Crippen LogP contribution in [0.25, 0.3) is 0 Å². The predicted octanol–water partition coefficient (Wildman–Crippen LogP) is 3.04. The largest absolute Gasteiger partial charge is 0.495 e. The van der Waals surface area contributed by atoms with Crippen LogP contribution in [-0.2, 0) is 19.6 Å². The number of thiophene rings is 1. The fourth-order valence-electron chi connectivity index (χ4n) is 3.14. The lowest BCUT2D eigenvalue weighted by molar-refractivity contribution is -0.119. The number of hydrogen-bond donors (Lipinski definition) is 1. The van der Waals surface area contributed by atoms with Gasteiger partial charge in [0.05, 0.1) is 7.11 Å². The summed E-state index contributed by atoms with van der Waals surface area (Å²) in [5.74, 6) is -0.937. The van der Waals surface area contributed by atoms with Crippen molar-refractivity contribution in [1.82, 2.24) is 4.31 Å². The number of sulfonamides is 1. The van der Waals surface area contributed by atoms with Crippen LogP contribution < -0.4 is 10.1 Å². The minimum absolute atomic E-state index is 0.00393. The number of hydrogen-bond acceptors (Lipinski definition) is 7. The molecule has 0 radical (unpaired) electrons. The molecule has 0 bridgehead atoms. The summed E-state index contributed by atoms with van der Waals surface area (Å²) in [6.07, 6.45) is 2.63. The van der Waals surface area contributed by atoms with Crippen LogP contribution >= 0.6 is 11.3 Å². The van der Waals surface area contributed by atoms with Crippen molar-refractivity contribution in [3.05, 3.63) is 40.1 Å². The van der Waals surface area contributed by atoms with Crippen LogP contribution in [0.1, 0.15) is 33.8 Å². The zero-order valence-corrected chi connectivity index (χ0v) is 18.5. The number of ether oxygens (including phenoxy) is 2. The molecule has 30 heavy (non-hydrogen) atoms. The molecule has 2 heterocycles. The maximum absolute atomic E-state index is 13.0. The second kappa shape index (κ2) is 9.59. The highest BCUT2D eigenvalue weighted by Crippen LogP contribution is 2.31. The molecule has 1 aliphatic rings. The van der Waals surface area contributed by atoms with Gasteiger partial charge in [-0.2, -0.15) is 4.31 Å². The molecule has 1 aromatic heterocycles. The van der Waals surface area contributed by atoms with Crippen molar-refractivity contribution in [1.29, 1.82) is 0 Å². The lowest BCUT2D eigenvalue weighted by Gasteiger charge is -2.26. The lowest BCUT2D eigenvalue weighted by Crippen LogP contribution is -2.35. The van der Waals surface area contributed by atoms with Crippen LogP contribution in [0.2, 0.25) is 0 Å². The van der Waals surface area contributed by atoms with E-state index in [0.717, 1.165) is 24.1 Å². The minimum atomic E-state index is -3.75. The van der Waals surface area contributed by atoms with E-state index in [-0.39, 0.29) is 16.3 Å². The van der Waals surface area contributed by atoms with E-state index in [9.17, 15) is 18.0 Å². The maximum atomic E-state index is 13.0. The molecule has 1 N–H and O–H groups in total. The molecule has 1 aliphatic heterocycles. The van der Waals surface area contributed by atoms with E-state index < -0.39 is 28.5 Å². The van der Waals surface area contributed by atoms with Crippen LogP contribution in [0, 0.1) is 6.92 Å². The van der Waals surface area contributed by atoms with Crippen LogP contribution in [0.15, 0.2) is 35.2 Å². The number of carbonyl (C=O) groups excluding carboxylic acids is 2. The number of carbonyl (C=O) groups is 2. The van der Waals surface area contributed by atoms with Crippen molar-refractivity contribution in [3.63, 3.8) is 0 Å². The lowest BCUT2D eigenvalue weighted by atomic mass is 10.2. The van der Waals surface area contributed by atoms with Gasteiger partial charge in [-0.05, 0) is 50.1 Å². The number of methoxy groups -OCH3 is 1. The third-order valence-electron chi connectivity index (χ3n) is 4.66. The van der Waals surface area contributed by atoms with E-state index in [1.165, 1.54) is 41.0 Å². The Morgan fingerprint density at radius 2 is 1.87 bits per heavy atom. The van der Waals surface area contributed by atoms with Crippen molar-refractivity contribution in [3.8, 4) is 5.75 Å². The van der Waals surface area contributed by atoms with E-state index in [4.69, 9.17) is 9.47 Å².